The van der Waals surface area contributed by atoms with Gasteiger partial charge in [0.1, 0.15) is 5.75 Å². The SMILES string of the molecule is COc1cccc([C@@H]2C[C@H]2N=C(N)NC2CCCCCC2)c1. The summed E-state index contributed by atoms with van der Waals surface area (Å²) in [5.74, 6) is 2.03. The Labute approximate surface area is 133 Å². The topological polar surface area (TPSA) is 59.6 Å². The summed E-state index contributed by atoms with van der Waals surface area (Å²) in [5, 5.41) is 3.43. The van der Waals surface area contributed by atoms with E-state index in [2.05, 4.69) is 22.4 Å². The second-order valence-electron chi connectivity index (χ2n) is 6.53. The number of guanidine groups is 1. The molecular weight excluding hydrogens is 274 g/mol. The van der Waals surface area contributed by atoms with E-state index < -0.39 is 0 Å². The maximum atomic E-state index is 6.11. The number of benzene rings is 1. The average molecular weight is 301 g/mol. The van der Waals surface area contributed by atoms with Crippen molar-refractivity contribution in [2.45, 2.75) is 62.9 Å². The first-order valence-electron chi connectivity index (χ1n) is 8.50. The first-order chi connectivity index (χ1) is 10.8. The highest BCUT2D eigenvalue weighted by Gasteiger charge is 2.38. The van der Waals surface area contributed by atoms with Gasteiger partial charge in [-0.25, -0.2) is 4.99 Å². The number of methoxy groups -OCH3 is 1. The van der Waals surface area contributed by atoms with Crippen LogP contribution in [0.3, 0.4) is 0 Å². The van der Waals surface area contributed by atoms with Crippen molar-refractivity contribution in [2.75, 3.05) is 7.11 Å². The van der Waals surface area contributed by atoms with E-state index in [1.807, 2.05) is 12.1 Å². The van der Waals surface area contributed by atoms with Gasteiger partial charge in [-0.2, -0.15) is 0 Å². The molecule has 0 radical (unpaired) electrons. The number of nitrogens with two attached hydrogens (primary N) is 1. The lowest BCUT2D eigenvalue weighted by Gasteiger charge is -2.16. The smallest absolute Gasteiger partial charge is 0.189 e. The van der Waals surface area contributed by atoms with E-state index in [0.717, 1.165) is 12.2 Å². The minimum Gasteiger partial charge on any atom is -0.497 e. The summed E-state index contributed by atoms with van der Waals surface area (Å²) in [4.78, 5) is 4.67. The first-order valence-corrected chi connectivity index (χ1v) is 8.50. The molecule has 0 amide bonds. The number of hydrogen-bond donors (Lipinski definition) is 2. The molecule has 0 bridgehead atoms. The molecule has 3 N–H and O–H groups in total. The summed E-state index contributed by atoms with van der Waals surface area (Å²) in [5.41, 5.74) is 7.41. The maximum absolute atomic E-state index is 6.11. The molecule has 4 nitrogen and oxygen atoms in total. The predicted octanol–water partition coefficient (Wildman–Crippen LogP) is 3.18. The summed E-state index contributed by atoms with van der Waals surface area (Å²) >= 11 is 0. The van der Waals surface area contributed by atoms with Gasteiger partial charge in [0.15, 0.2) is 5.96 Å². The van der Waals surface area contributed by atoms with Crippen LogP contribution >= 0.6 is 0 Å². The van der Waals surface area contributed by atoms with E-state index in [0.29, 0.717) is 24.0 Å². The lowest BCUT2D eigenvalue weighted by molar-refractivity contribution is 0.414. The molecule has 2 aliphatic carbocycles. The zero-order chi connectivity index (χ0) is 15.4. The zero-order valence-electron chi connectivity index (χ0n) is 13.4. The summed E-state index contributed by atoms with van der Waals surface area (Å²) in [6.07, 6.45) is 8.85. The van der Waals surface area contributed by atoms with Crippen LogP contribution in [0.1, 0.15) is 56.4 Å². The van der Waals surface area contributed by atoms with E-state index in [-0.39, 0.29) is 0 Å². The van der Waals surface area contributed by atoms with Crippen molar-refractivity contribution in [2.24, 2.45) is 10.7 Å². The van der Waals surface area contributed by atoms with Gasteiger partial charge in [0.2, 0.25) is 0 Å². The number of aliphatic imine (C=N–C) groups is 1. The molecule has 2 saturated carbocycles. The average Bonchev–Trinajstić information content (AvgIpc) is 3.32. The molecule has 3 rings (SSSR count). The first kappa shape index (κ1) is 15.2. The molecule has 2 aliphatic rings. The van der Waals surface area contributed by atoms with E-state index in [4.69, 9.17) is 10.5 Å². The van der Waals surface area contributed by atoms with Gasteiger partial charge < -0.3 is 15.8 Å². The highest BCUT2D eigenvalue weighted by Crippen LogP contribution is 2.44. The van der Waals surface area contributed by atoms with Gasteiger partial charge in [-0.05, 0) is 37.0 Å². The van der Waals surface area contributed by atoms with Crippen molar-refractivity contribution in [3.8, 4) is 5.75 Å². The van der Waals surface area contributed by atoms with Crippen LogP contribution in [0.2, 0.25) is 0 Å². The second-order valence-corrected chi connectivity index (χ2v) is 6.53. The van der Waals surface area contributed by atoms with Crippen molar-refractivity contribution in [3.05, 3.63) is 29.8 Å². The largest absolute Gasteiger partial charge is 0.497 e. The van der Waals surface area contributed by atoms with Gasteiger partial charge in [-0.15, -0.1) is 0 Å². The third kappa shape index (κ3) is 3.93. The van der Waals surface area contributed by atoms with E-state index >= 15 is 0 Å². The standard InChI is InChI=1S/C18H27N3O/c1-22-15-10-6-7-13(11-15)16-12-17(16)21-18(19)20-14-8-4-2-3-5-9-14/h6-7,10-11,14,16-17H,2-5,8-9,12H2,1H3,(H3,19,20,21)/t16-,17+/m0/s1. The van der Waals surface area contributed by atoms with Crippen LogP contribution in [0.5, 0.6) is 5.75 Å². The van der Waals surface area contributed by atoms with Crippen LogP contribution in [0.25, 0.3) is 0 Å². The third-order valence-corrected chi connectivity index (χ3v) is 4.79. The van der Waals surface area contributed by atoms with Crippen LogP contribution in [-0.2, 0) is 0 Å². The molecular formula is C18H27N3O. The quantitative estimate of drug-likeness (QED) is 0.510. The lowest BCUT2D eigenvalue weighted by atomic mass is 10.1. The Balaban J connectivity index is 1.54. The fourth-order valence-corrected chi connectivity index (χ4v) is 3.40. The number of rotatable bonds is 4. The Kier molecular flexibility index (Phi) is 4.86. The molecule has 2 fully saturated rings. The molecule has 4 heteroatoms. The molecule has 0 unspecified atom stereocenters. The minimum absolute atomic E-state index is 0.324. The Hall–Kier alpha value is -1.71. The number of ether oxygens (including phenoxy) is 1. The Bertz CT molecular complexity index is 521. The van der Waals surface area contributed by atoms with Gasteiger partial charge >= 0.3 is 0 Å². The Morgan fingerprint density at radius 1 is 1.23 bits per heavy atom. The summed E-state index contributed by atoms with van der Waals surface area (Å²) in [6.45, 7) is 0. The lowest BCUT2D eigenvalue weighted by Crippen LogP contribution is -2.40. The van der Waals surface area contributed by atoms with Crippen molar-refractivity contribution < 1.29 is 4.74 Å². The summed E-state index contributed by atoms with van der Waals surface area (Å²) in [6, 6.07) is 9.12. The van der Waals surface area contributed by atoms with Crippen LogP contribution in [0.15, 0.2) is 29.3 Å². The zero-order valence-corrected chi connectivity index (χ0v) is 13.4. The van der Waals surface area contributed by atoms with Crippen molar-refractivity contribution in [3.63, 3.8) is 0 Å². The van der Waals surface area contributed by atoms with Crippen molar-refractivity contribution in [1.82, 2.24) is 5.32 Å². The van der Waals surface area contributed by atoms with Crippen LogP contribution in [0.4, 0.5) is 0 Å². The van der Waals surface area contributed by atoms with Gasteiger partial charge in [0.05, 0.1) is 13.2 Å². The summed E-state index contributed by atoms with van der Waals surface area (Å²) in [7, 11) is 1.70. The molecule has 1 aromatic rings. The third-order valence-electron chi connectivity index (χ3n) is 4.79. The molecule has 0 saturated heterocycles. The predicted molar refractivity (Wildman–Crippen MR) is 90.4 cm³/mol. The number of nitrogens with zero attached hydrogens (tertiary/aromatic N) is 1. The van der Waals surface area contributed by atoms with Gasteiger partial charge in [-0.3, -0.25) is 0 Å². The normalized spacial score (nSPS) is 26.3. The van der Waals surface area contributed by atoms with Crippen LogP contribution in [-0.4, -0.2) is 25.2 Å². The van der Waals surface area contributed by atoms with Crippen LogP contribution in [0, 0.1) is 0 Å². The molecule has 0 spiro atoms. The van der Waals surface area contributed by atoms with E-state index in [1.165, 1.54) is 44.1 Å². The van der Waals surface area contributed by atoms with Gasteiger partial charge in [-0.1, -0.05) is 37.8 Å². The molecule has 1 aromatic carbocycles. The summed E-state index contributed by atoms with van der Waals surface area (Å²) < 4.78 is 5.29. The van der Waals surface area contributed by atoms with E-state index in [1.54, 1.807) is 7.11 Å². The monoisotopic (exact) mass is 301 g/mol. The number of nitrogens with one attached hydrogen (secondary N) is 1. The van der Waals surface area contributed by atoms with Gasteiger partial charge in [0, 0.05) is 12.0 Å². The Morgan fingerprint density at radius 3 is 2.73 bits per heavy atom. The molecule has 0 heterocycles. The van der Waals surface area contributed by atoms with Crippen LogP contribution < -0.4 is 15.8 Å². The highest BCUT2D eigenvalue weighted by atomic mass is 16.5. The van der Waals surface area contributed by atoms with Crippen molar-refractivity contribution in [1.29, 1.82) is 0 Å². The molecule has 0 aliphatic heterocycles. The maximum Gasteiger partial charge on any atom is 0.189 e. The molecule has 2 atom stereocenters. The second kappa shape index (κ2) is 7.03. The number of hydrogen-bond acceptors (Lipinski definition) is 2. The van der Waals surface area contributed by atoms with E-state index in [9.17, 15) is 0 Å². The highest BCUT2D eigenvalue weighted by molar-refractivity contribution is 5.78. The minimum atomic E-state index is 0.324. The molecule has 22 heavy (non-hydrogen) atoms. The van der Waals surface area contributed by atoms with Crippen molar-refractivity contribution >= 4 is 5.96 Å². The molecule has 0 aromatic heterocycles. The molecule has 120 valence electrons. The van der Waals surface area contributed by atoms with Gasteiger partial charge in [0.25, 0.3) is 0 Å². The fourth-order valence-electron chi connectivity index (χ4n) is 3.40. The fraction of sp³-hybridized carbons (Fsp3) is 0.611. The Morgan fingerprint density at radius 2 is 2.00 bits per heavy atom.